The van der Waals surface area contributed by atoms with E-state index in [1.165, 1.54) is 22.1 Å². The van der Waals surface area contributed by atoms with Crippen LogP contribution in [-0.4, -0.2) is 9.13 Å². The van der Waals surface area contributed by atoms with Gasteiger partial charge in [0.25, 0.3) is 0 Å². The Hall–Kier alpha value is -2.74. The SMILES string of the molecule is c1cc(-n2cccc2)c2cccc(-n3cccc3)c2c1. The maximum absolute atomic E-state index is 2.18. The van der Waals surface area contributed by atoms with Gasteiger partial charge in [-0.05, 0) is 36.4 Å². The zero-order valence-corrected chi connectivity index (χ0v) is 11.0. The summed E-state index contributed by atoms with van der Waals surface area (Å²) in [5.41, 5.74) is 2.42. The van der Waals surface area contributed by atoms with Gasteiger partial charge in [0.15, 0.2) is 0 Å². The first-order valence-corrected chi connectivity index (χ1v) is 6.72. The highest BCUT2D eigenvalue weighted by Gasteiger charge is 2.06. The first kappa shape index (κ1) is 11.1. The van der Waals surface area contributed by atoms with Crippen LogP contribution in [0.25, 0.3) is 22.1 Å². The van der Waals surface area contributed by atoms with Crippen LogP contribution in [0.1, 0.15) is 0 Å². The second-order valence-electron chi connectivity index (χ2n) is 4.83. The summed E-state index contributed by atoms with van der Waals surface area (Å²) < 4.78 is 4.31. The van der Waals surface area contributed by atoms with E-state index in [9.17, 15) is 0 Å². The molecule has 0 aliphatic carbocycles. The van der Waals surface area contributed by atoms with Crippen molar-refractivity contribution in [3.05, 3.63) is 85.5 Å². The van der Waals surface area contributed by atoms with Gasteiger partial charge in [-0.1, -0.05) is 24.3 Å². The molecule has 0 bridgehead atoms. The van der Waals surface area contributed by atoms with E-state index in [1.54, 1.807) is 0 Å². The molecule has 0 unspecified atom stereocenters. The average Bonchev–Trinajstić information content (AvgIpc) is 3.19. The lowest BCUT2D eigenvalue weighted by Gasteiger charge is -2.12. The van der Waals surface area contributed by atoms with Crippen molar-refractivity contribution in [2.45, 2.75) is 0 Å². The fraction of sp³-hybridized carbons (Fsp3) is 0. The van der Waals surface area contributed by atoms with Gasteiger partial charge in [0.05, 0.1) is 11.4 Å². The fourth-order valence-corrected chi connectivity index (χ4v) is 2.72. The van der Waals surface area contributed by atoms with E-state index in [-0.39, 0.29) is 0 Å². The molecule has 0 aliphatic rings. The maximum Gasteiger partial charge on any atom is 0.0528 e. The molecule has 0 atom stereocenters. The standard InChI is InChI=1S/C18H14N2/c1-2-12-19(11-1)17-9-5-8-16-15(17)7-6-10-18(16)20-13-3-4-14-20/h1-14H. The summed E-state index contributed by atoms with van der Waals surface area (Å²) in [5.74, 6) is 0. The normalized spacial score (nSPS) is 11.0. The van der Waals surface area contributed by atoms with Crippen molar-refractivity contribution in [1.29, 1.82) is 0 Å². The van der Waals surface area contributed by atoms with Crippen LogP contribution in [0, 0.1) is 0 Å². The van der Waals surface area contributed by atoms with E-state index < -0.39 is 0 Å². The summed E-state index contributed by atoms with van der Waals surface area (Å²) in [5, 5.41) is 2.52. The molecule has 0 amide bonds. The molecule has 2 heteroatoms. The Kier molecular flexibility index (Phi) is 2.46. The van der Waals surface area contributed by atoms with Gasteiger partial charge in [0.2, 0.25) is 0 Å². The second kappa shape index (κ2) is 4.42. The molecule has 0 spiro atoms. The number of hydrogen-bond donors (Lipinski definition) is 0. The minimum atomic E-state index is 1.21. The van der Waals surface area contributed by atoms with Crippen LogP contribution in [0.2, 0.25) is 0 Å². The third kappa shape index (κ3) is 1.66. The van der Waals surface area contributed by atoms with Crippen molar-refractivity contribution in [3.8, 4) is 11.4 Å². The van der Waals surface area contributed by atoms with Crippen LogP contribution < -0.4 is 0 Å². The third-order valence-electron chi connectivity index (χ3n) is 3.64. The van der Waals surface area contributed by atoms with Crippen LogP contribution in [0.15, 0.2) is 85.5 Å². The second-order valence-corrected chi connectivity index (χ2v) is 4.83. The molecular weight excluding hydrogens is 244 g/mol. The molecule has 4 rings (SSSR count). The molecular formula is C18H14N2. The number of nitrogens with zero attached hydrogens (tertiary/aromatic N) is 2. The molecule has 20 heavy (non-hydrogen) atoms. The molecule has 0 N–H and O–H groups in total. The van der Waals surface area contributed by atoms with Crippen LogP contribution in [-0.2, 0) is 0 Å². The van der Waals surface area contributed by atoms with E-state index in [1.807, 2.05) is 0 Å². The molecule has 0 saturated heterocycles. The summed E-state index contributed by atoms with van der Waals surface area (Å²) in [6, 6.07) is 21.1. The van der Waals surface area contributed by atoms with E-state index in [0.717, 1.165) is 0 Å². The molecule has 2 heterocycles. The minimum Gasteiger partial charge on any atom is -0.323 e. The Morgan fingerprint density at radius 3 is 1.25 bits per heavy atom. The van der Waals surface area contributed by atoms with E-state index in [0.29, 0.717) is 0 Å². The first-order chi connectivity index (χ1) is 9.93. The molecule has 2 aromatic heterocycles. The molecule has 0 radical (unpaired) electrons. The van der Waals surface area contributed by atoms with Crippen LogP contribution in [0.4, 0.5) is 0 Å². The molecule has 0 saturated carbocycles. The fourth-order valence-electron chi connectivity index (χ4n) is 2.72. The van der Waals surface area contributed by atoms with Gasteiger partial charge in [-0.15, -0.1) is 0 Å². The van der Waals surface area contributed by atoms with Gasteiger partial charge in [-0.3, -0.25) is 0 Å². The third-order valence-corrected chi connectivity index (χ3v) is 3.64. The van der Waals surface area contributed by atoms with Gasteiger partial charge < -0.3 is 9.13 Å². The number of hydrogen-bond acceptors (Lipinski definition) is 0. The quantitative estimate of drug-likeness (QED) is 0.503. The topological polar surface area (TPSA) is 9.86 Å². The molecule has 0 aliphatic heterocycles. The molecule has 4 aromatic rings. The van der Waals surface area contributed by atoms with Crippen LogP contribution >= 0.6 is 0 Å². The lowest BCUT2D eigenvalue weighted by atomic mass is 10.1. The number of fused-ring (bicyclic) bond motifs is 1. The lowest BCUT2D eigenvalue weighted by Crippen LogP contribution is -1.95. The Morgan fingerprint density at radius 1 is 0.450 bits per heavy atom. The van der Waals surface area contributed by atoms with Crippen molar-refractivity contribution in [3.63, 3.8) is 0 Å². The van der Waals surface area contributed by atoms with Gasteiger partial charge in [-0.25, -0.2) is 0 Å². The highest BCUT2D eigenvalue weighted by Crippen LogP contribution is 2.27. The average molecular weight is 258 g/mol. The summed E-state index contributed by atoms with van der Waals surface area (Å²) in [6.07, 6.45) is 8.32. The van der Waals surface area contributed by atoms with E-state index in [4.69, 9.17) is 0 Å². The summed E-state index contributed by atoms with van der Waals surface area (Å²) in [6.45, 7) is 0. The predicted molar refractivity (Wildman–Crippen MR) is 82.6 cm³/mol. The lowest BCUT2D eigenvalue weighted by molar-refractivity contribution is 1.08. The number of benzene rings is 2. The van der Waals surface area contributed by atoms with Gasteiger partial charge >= 0.3 is 0 Å². The zero-order valence-electron chi connectivity index (χ0n) is 11.0. The van der Waals surface area contributed by atoms with Crippen molar-refractivity contribution in [2.24, 2.45) is 0 Å². The largest absolute Gasteiger partial charge is 0.323 e. The van der Waals surface area contributed by atoms with Gasteiger partial charge in [0.1, 0.15) is 0 Å². The molecule has 96 valence electrons. The first-order valence-electron chi connectivity index (χ1n) is 6.72. The monoisotopic (exact) mass is 258 g/mol. The number of rotatable bonds is 2. The van der Waals surface area contributed by atoms with Crippen molar-refractivity contribution < 1.29 is 0 Å². The van der Waals surface area contributed by atoms with Crippen molar-refractivity contribution in [2.75, 3.05) is 0 Å². The Morgan fingerprint density at radius 2 is 0.850 bits per heavy atom. The zero-order chi connectivity index (χ0) is 13.4. The Labute approximate surface area is 117 Å². The number of aromatic nitrogens is 2. The highest BCUT2D eigenvalue weighted by molar-refractivity contribution is 5.96. The predicted octanol–water partition coefficient (Wildman–Crippen LogP) is 4.42. The molecule has 2 aromatic carbocycles. The summed E-state index contributed by atoms with van der Waals surface area (Å²) in [4.78, 5) is 0. The van der Waals surface area contributed by atoms with Crippen LogP contribution in [0.5, 0.6) is 0 Å². The molecule has 2 nitrogen and oxygen atoms in total. The van der Waals surface area contributed by atoms with E-state index >= 15 is 0 Å². The van der Waals surface area contributed by atoms with E-state index in [2.05, 4.69) is 94.6 Å². The van der Waals surface area contributed by atoms with Gasteiger partial charge in [0, 0.05) is 35.6 Å². The Bertz CT molecular complexity index is 767. The van der Waals surface area contributed by atoms with Crippen molar-refractivity contribution in [1.82, 2.24) is 9.13 Å². The van der Waals surface area contributed by atoms with Crippen LogP contribution in [0.3, 0.4) is 0 Å². The maximum atomic E-state index is 2.18. The minimum absolute atomic E-state index is 1.21. The summed E-state index contributed by atoms with van der Waals surface area (Å²) in [7, 11) is 0. The highest BCUT2D eigenvalue weighted by atomic mass is 15.0. The van der Waals surface area contributed by atoms with Gasteiger partial charge in [-0.2, -0.15) is 0 Å². The van der Waals surface area contributed by atoms with Crippen molar-refractivity contribution >= 4 is 10.8 Å². The smallest absolute Gasteiger partial charge is 0.0528 e. The molecule has 0 fully saturated rings. The summed E-state index contributed by atoms with van der Waals surface area (Å²) >= 11 is 0. The Balaban J connectivity index is 2.04.